The number of nitrogens with zero attached hydrogens (tertiary/aromatic N) is 3. The van der Waals surface area contributed by atoms with Gasteiger partial charge in [0.25, 0.3) is 0 Å². The average Bonchev–Trinajstić information content (AvgIpc) is 2.75. The number of aromatic nitrogens is 4. The minimum absolute atomic E-state index is 0.0402. The van der Waals surface area contributed by atoms with Gasteiger partial charge in [-0.25, -0.2) is 15.0 Å². The Balaban J connectivity index is 2.33. The van der Waals surface area contributed by atoms with Crippen molar-refractivity contribution in [3.05, 3.63) is 12.0 Å². The van der Waals surface area contributed by atoms with Gasteiger partial charge >= 0.3 is 5.97 Å². The fraction of sp³-hybridized carbons (Fsp3) is 0.400. The maximum Gasteiger partial charge on any atom is 0.313 e. The smallest absolute Gasteiger partial charge is 0.313 e. The summed E-state index contributed by atoms with van der Waals surface area (Å²) in [4.78, 5) is 26.1. The summed E-state index contributed by atoms with van der Waals surface area (Å²) in [5.74, 6) is -0.917. The first-order chi connectivity index (χ1) is 8.20. The normalized spacial score (nSPS) is 10.9. The Kier molecular flexibility index (Phi) is 3.58. The highest BCUT2D eigenvalue weighted by atomic mass is 32.2. The number of aromatic amines is 1. The van der Waals surface area contributed by atoms with Crippen molar-refractivity contribution in [3.8, 4) is 0 Å². The van der Waals surface area contributed by atoms with E-state index in [4.69, 9.17) is 5.11 Å². The molecule has 0 saturated carbocycles. The molecule has 2 heterocycles. The number of carbonyl (C=O) groups is 1. The summed E-state index contributed by atoms with van der Waals surface area (Å²) in [6.45, 7) is 2.06. The van der Waals surface area contributed by atoms with E-state index < -0.39 is 5.97 Å². The first kappa shape index (κ1) is 11.8. The Morgan fingerprint density at radius 1 is 1.53 bits per heavy atom. The van der Waals surface area contributed by atoms with E-state index in [1.807, 2.05) is 0 Å². The molecule has 0 radical (unpaired) electrons. The van der Waals surface area contributed by atoms with Crippen LogP contribution in [-0.4, -0.2) is 36.8 Å². The lowest BCUT2D eigenvalue weighted by Gasteiger charge is -2.02. The third-order valence-electron chi connectivity index (χ3n) is 2.15. The van der Waals surface area contributed by atoms with E-state index in [9.17, 15) is 4.79 Å². The molecular formula is C10H12N4O2S. The van der Waals surface area contributed by atoms with Crippen molar-refractivity contribution in [2.75, 3.05) is 5.75 Å². The van der Waals surface area contributed by atoms with Crippen LogP contribution in [0.5, 0.6) is 0 Å². The van der Waals surface area contributed by atoms with Gasteiger partial charge < -0.3 is 10.1 Å². The van der Waals surface area contributed by atoms with Gasteiger partial charge in [0.2, 0.25) is 0 Å². The van der Waals surface area contributed by atoms with Crippen LogP contribution in [0, 0.1) is 0 Å². The number of aliphatic carboxylic acids is 1. The van der Waals surface area contributed by atoms with E-state index in [-0.39, 0.29) is 5.75 Å². The van der Waals surface area contributed by atoms with Crippen LogP contribution in [0.3, 0.4) is 0 Å². The Morgan fingerprint density at radius 2 is 2.35 bits per heavy atom. The molecule has 7 heteroatoms. The van der Waals surface area contributed by atoms with Gasteiger partial charge in [0, 0.05) is 0 Å². The minimum atomic E-state index is -0.877. The van der Waals surface area contributed by atoms with E-state index >= 15 is 0 Å². The van der Waals surface area contributed by atoms with Crippen molar-refractivity contribution in [1.29, 1.82) is 0 Å². The highest BCUT2D eigenvalue weighted by Crippen LogP contribution is 2.19. The molecule has 0 aromatic carbocycles. The molecule has 90 valence electrons. The predicted molar refractivity (Wildman–Crippen MR) is 64.0 cm³/mol. The molecule has 0 aliphatic rings. The molecular weight excluding hydrogens is 240 g/mol. The van der Waals surface area contributed by atoms with Crippen LogP contribution in [0.4, 0.5) is 0 Å². The molecule has 2 N–H and O–H groups in total. The molecule has 2 aromatic rings. The SMILES string of the molecule is CCCc1nc(SCC(=O)O)nc2nc[nH]c12. The molecule has 0 atom stereocenters. The topological polar surface area (TPSA) is 91.8 Å². The average molecular weight is 252 g/mol. The second-order valence-corrected chi connectivity index (χ2v) is 4.43. The van der Waals surface area contributed by atoms with Crippen LogP contribution in [-0.2, 0) is 11.2 Å². The predicted octanol–water partition coefficient (Wildman–Crippen LogP) is 1.48. The first-order valence-corrected chi connectivity index (χ1v) is 6.24. The van der Waals surface area contributed by atoms with E-state index in [1.54, 1.807) is 6.33 Å². The maximum atomic E-state index is 10.5. The molecule has 0 fully saturated rings. The number of aryl methyl sites for hydroxylation is 1. The Hall–Kier alpha value is -1.63. The number of carboxylic acids is 1. The molecule has 6 nitrogen and oxygen atoms in total. The van der Waals surface area contributed by atoms with Gasteiger partial charge in [-0.3, -0.25) is 4.79 Å². The van der Waals surface area contributed by atoms with Gasteiger partial charge in [0.05, 0.1) is 17.8 Å². The Bertz CT molecular complexity index is 540. The molecule has 0 amide bonds. The number of hydrogen-bond acceptors (Lipinski definition) is 5. The minimum Gasteiger partial charge on any atom is -0.481 e. The number of nitrogens with one attached hydrogen (secondary N) is 1. The summed E-state index contributed by atoms with van der Waals surface area (Å²) in [7, 11) is 0. The fourth-order valence-electron chi connectivity index (χ4n) is 1.48. The molecule has 0 aliphatic heterocycles. The molecule has 0 saturated heterocycles. The summed E-state index contributed by atoms with van der Waals surface area (Å²) in [5.41, 5.74) is 2.32. The molecule has 0 unspecified atom stereocenters. The van der Waals surface area contributed by atoms with E-state index in [0.717, 1.165) is 35.8 Å². The third-order valence-corrected chi connectivity index (χ3v) is 2.98. The van der Waals surface area contributed by atoms with Crippen molar-refractivity contribution >= 4 is 28.9 Å². The summed E-state index contributed by atoms with van der Waals surface area (Å²) < 4.78 is 0. The number of imidazole rings is 1. The molecule has 2 aromatic heterocycles. The quantitative estimate of drug-likeness (QED) is 0.618. The van der Waals surface area contributed by atoms with Crippen LogP contribution < -0.4 is 0 Å². The van der Waals surface area contributed by atoms with Gasteiger partial charge in [0.1, 0.15) is 5.52 Å². The van der Waals surface area contributed by atoms with Gasteiger partial charge in [0.15, 0.2) is 10.8 Å². The van der Waals surface area contributed by atoms with E-state index in [0.29, 0.717) is 10.8 Å². The number of hydrogen-bond donors (Lipinski definition) is 2. The van der Waals surface area contributed by atoms with Crippen molar-refractivity contribution in [3.63, 3.8) is 0 Å². The number of fused-ring (bicyclic) bond motifs is 1. The molecule has 0 bridgehead atoms. The van der Waals surface area contributed by atoms with Gasteiger partial charge in [-0.15, -0.1) is 0 Å². The first-order valence-electron chi connectivity index (χ1n) is 5.25. The van der Waals surface area contributed by atoms with Gasteiger partial charge in [-0.1, -0.05) is 25.1 Å². The fourth-order valence-corrected chi connectivity index (χ4v) is 2.06. The zero-order chi connectivity index (χ0) is 12.3. The van der Waals surface area contributed by atoms with Crippen LogP contribution in [0.15, 0.2) is 11.5 Å². The summed E-state index contributed by atoms with van der Waals surface area (Å²) in [6.07, 6.45) is 3.36. The molecule has 17 heavy (non-hydrogen) atoms. The highest BCUT2D eigenvalue weighted by molar-refractivity contribution is 7.99. The number of carboxylic acid groups (broad SMARTS) is 1. The lowest BCUT2D eigenvalue weighted by atomic mass is 10.2. The van der Waals surface area contributed by atoms with Crippen LogP contribution in [0.25, 0.3) is 11.2 Å². The molecule has 0 spiro atoms. The van der Waals surface area contributed by atoms with Crippen molar-refractivity contribution in [1.82, 2.24) is 19.9 Å². The molecule has 2 rings (SSSR count). The number of rotatable bonds is 5. The van der Waals surface area contributed by atoms with Crippen LogP contribution >= 0.6 is 11.8 Å². The monoisotopic (exact) mass is 252 g/mol. The second-order valence-electron chi connectivity index (χ2n) is 3.49. The van der Waals surface area contributed by atoms with Crippen LogP contribution in [0.1, 0.15) is 19.0 Å². The Morgan fingerprint density at radius 3 is 3.06 bits per heavy atom. The highest BCUT2D eigenvalue weighted by Gasteiger charge is 2.10. The zero-order valence-electron chi connectivity index (χ0n) is 9.30. The van der Waals surface area contributed by atoms with Crippen molar-refractivity contribution < 1.29 is 9.90 Å². The van der Waals surface area contributed by atoms with Crippen molar-refractivity contribution in [2.45, 2.75) is 24.9 Å². The largest absolute Gasteiger partial charge is 0.481 e. The van der Waals surface area contributed by atoms with Gasteiger partial charge in [-0.05, 0) is 6.42 Å². The summed E-state index contributed by atoms with van der Waals surface area (Å²) in [5, 5.41) is 9.09. The Labute approximate surface area is 102 Å². The van der Waals surface area contributed by atoms with E-state index in [1.165, 1.54) is 0 Å². The maximum absolute atomic E-state index is 10.5. The zero-order valence-corrected chi connectivity index (χ0v) is 10.1. The summed E-state index contributed by atoms with van der Waals surface area (Å²) in [6, 6.07) is 0. The lowest BCUT2D eigenvalue weighted by molar-refractivity contribution is -0.133. The summed E-state index contributed by atoms with van der Waals surface area (Å²) >= 11 is 1.11. The number of H-pyrrole nitrogens is 1. The van der Waals surface area contributed by atoms with Gasteiger partial charge in [-0.2, -0.15) is 0 Å². The standard InChI is InChI=1S/C10H12N4O2S/c1-2-3-6-8-9(12-5-11-8)14-10(13-6)17-4-7(15)16/h5H,2-4H2,1H3,(H,15,16)(H,11,12,13,14). The van der Waals surface area contributed by atoms with Crippen molar-refractivity contribution in [2.24, 2.45) is 0 Å². The van der Waals surface area contributed by atoms with Crippen LogP contribution in [0.2, 0.25) is 0 Å². The van der Waals surface area contributed by atoms with E-state index in [2.05, 4.69) is 26.9 Å². The number of thioether (sulfide) groups is 1. The second kappa shape index (κ2) is 5.13. The lowest BCUT2D eigenvalue weighted by Crippen LogP contribution is -2.01. The molecule has 0 aliphatic carbocycles. The third kappa shape index (κ3) is 2.73.